The smallest absolute Gasteiger partial charge is 0.165 e. The topological polar surface area (TPSA) is 30.5 Å². The second-order valence-corrected chi connectivity index (χ2v) is 6.57. The van der Waals surface area contributed by atoms with Crippen molar-refractivity contribution >= 4 is 0 Å². The minimum atomic E-state index is 0.627. The van der Waals surface area contributed by atoms with E-state index in [1.165, 1.54) is 11.1 Å². The van der Waals surface area contributed by atoms with Crippen LogP contribution in [0.2, 0.25) is 0 Å². The maximum absolute atomic E-state index is 6.03. The lowest BCUT2D eigenvalue weighted by Crippen LogP contribution is -2.14. The van der Waals surface area contributed by atoms with Crippen LogP contribution in [-0.4, -0.2) is 13.7 Å². The summed E-state index contributed by atoms with van der Waals surface area (Å²) in [5.74, 6) is 2.29. The molecule has 0 spiro atoms. The molecule has 0 atom stereocenters. The van der Waals surface area contributed by atoms with E-state index >= 15 is 0 Å². The highest BCUT2D eigenvalue weighted by molar-refractivity contribution is 5.46. The van der Waals surface area contributed by atoms with Crippen molar-refractivity contribution in [3.05, 3.63) is 59.2 Å². The van der Waals surface area contributed by atoms with E-state index in [1.807, 2.05) is 12.1 Å². The summed E-state index contributed by atoms with van der Waals surface area (Å²) < 4.78 is 11.5. The number of para-hydroxylation sites is 1. The molecule has 2 aromatic rings. The van der Waals surface area contributed by atoms with Gasteiger partial charge in [-0.3, -0.25) is 0 Å². The summed E-state index contributed by atoms with van der Waals surface area (Å²) in [6.07, 6.45) is 1.04. The van der Waals surface area contributed by atoms with Gasteiger partial charge in [0, 0.05) is 18.7 Å². The molecular formula is C21H29NO2. The van der Waals surface area contributed by atoms with Gasteiger partial charge < -0.3 is 14.8 Å². The van der Waals surface area contributed by atoms with Crippen LogP contribution in [0.5, 0.6) is 11.5 Å². The molecule has 1 N–H and O–H groups in total. The lowest BCUT2D eigenvalue weighted by atomic mass is 10.1. The minimum absolute atomic E-state index is 0.627. The van der Waals surface area contributed by atoms with Crippen molar-refractivity contribution in [3.63, 3.8) is 0 Å². The Morgan fingerprint density at radius 3 is 2.54 bits per heavy atom. The van der Waals surface area contributed by atoms with Gasteiger partial charge in [-0.2, -0.15) is 0 Å². The van der Waals surface area contributed by atoms with Crippen LogP contribution in [0.25, 0.3) is 0 Å². The Labute approximate surface area is 146 Å². The summed E-state index contributed by atoms with van der Waals surface area (Å²) in [5.41, 5.74) is 3.71. The number of ether oxygens (including phenoxy) is 2. The Morgan fingerprint density at radius 1 is 1.04 bits per heavy atom. The lowest BCUT2D eigenvalue weighted by molar-refractivity contribution is 0.269. The quantitative estimate of drug-likeness (QED) is 0.723. The van der Waals surface area contributed by atoms with E-state index in [9.17, 15) is 0 Å². The van der Waals surface area contributed by atoms with Gasteiger partial charge >= 0.3 is 0 Å². The molecule has 0 saturated carbocycles. The van der Waals surface area contributed by atoms with Gasteiger partial charge in [0.25, 0.3) is 0 Å². The number of hydrogen-bond donors (Lipinski definition) is 1. The molecule has 130 valence electrons. The second-order valence-electron chi connectivity index (χ2n) is 6.57. The number of benzene rings is 2. The van der Waals surface area contributed by atoms with E-state index in [0.29, 0.717) is 12.5 Å². The first kappa shape index (κ1) is 18.3. The summed E-state index contributed by atoms with van der Waals surface area (Å²) in [6.45, 7) is 8.83. The van der Waals surface area contributed by atoms with Crippen molar-refractivity contribution in [2.75, 3.05) is 13.7 Å². The highest BCUT2D eigenvalue weighted by atomic mass is 16.5. The number of methoxy groups -OCH3 is 1. The first-order chi connectivity index (χ1) is 11.6. The van der Waals surface area contributed by atoms with E-state index in [1.54, 1.807) is 7.11 Å². The van der Waals surface area contributed by atoms with Crippen LogP contribution >= 0.6 is 0 Å². The number of rotatable bonds is 9. The molecule has 0 saturated heterocycles. The second kappa shape index (κ2) is 9.33. The minimum Gasteiger partial charge on any atom is -0.493 e. The average molecular weight is 327 g/mol. The molecule has 0 aliphatic carbocycles. The standard InChI is InChI=1S/C21H29NO2/c1-16(2)11-12-24-21-19(9-6-10-20(21)23-4)15-22-14-18-8-5-7-17(3)13-18/h5-10,13,16,22H,11-12,14-15H2,1-4H3. The third kappa shape index (κ3) is 5.57. The first-order valence-corrected chi connectivity index (χ1v) is 8.65. The van der Waals surface area contributed by atoms with Gasteiger partial charge in [0.2, 0.25) is 0 Å². The predicted octanol–water partition coefficient (Wildman–Crippen LogP) is 4.72. The first-order valence-electron chi connectivity index (χ1n) is 8.65. The molecule has 0 radical (unpaired) electrons. The van der Waals surface area contributed by atoms with E-state index in [4.69, 9.17) is 9.47 Å². The maximum Gasteiger partial charge on any atom is 0.165 e. The lowest BCUT2D eigenvalue weighted by Gasteiger charge is -2.16. The summed E-state index contributed by atoms with van der Waals surface area (Å²) in [7, 11) is 1.69. The van der Waals surface area contributed by atoms with Crippen molar-refractivity contribution in [3.8, 4) is 11.5 Å². The van der Waals surface area contributed by atoms with Gasteiger partial charge in [-0.05, 0) is 30.9 Å². The SMILES string of the molecule is COc1cccc(CNCc2cccc(C)c2)c1OCCC(C)C. The zero-order valence-corrected chi connectivity index (χ0v) is 15.3. The van der Waals surface area contributed by atoms with Crippen LogP contribution in [0.1, 0.15) is 37.0 Å². The zero-order chi connectivity index (χ0) is 17.4. The van der Waals surface area contributed by atoms with E-state index < -0.39 is 0 Å². The Kier molecular flexibility index (Phi) is 7.13. The van der Waals surface area contributed by atoms with Gasteiger partial charge in [0.1, 0.15) is 0 Å². The van der Waals surface area contributed by atoms with E-state index in [0.717, 1.165) is 36.6 Å². The van der Waals surface area contributed by atoms with Crippen LogP contribution in [0.15, 0.2) is 42.5 Å². The van der Waals surface area contributed by atoms with Crippen LogP contribution in [0.4, 0.5) is 0 Å². The molecule has 0 aliphatic heterocycles. The van der Waals surface area contributed by atoms with Crippen molar-refractivity contribution in [2.24, 2.45) is 5.92 Å². The van der Waals surface area contributed by atoms with Gasteiger partial charge in [-0.25, -0.2) is 0 Å². The molecule has 0 aliphatic rings. The number of nitrogens with one attached hydrogen (secondary N) is 1. The highest BCUT2D eigenvalue weighted by Crippen LogP contribution is 2.31. The van der Waals surface area contributed by atoms with Crippen molar-refractivity contribution in [2.45, 2.75) is 40.3 Å². The molecule has 2 rings (SSSR count). The Balaban J connectivity index is 2.00. The molecule has 0 fully saturated rings. The van der Waals surface area contributed by atoms with Gasteiger partial charge in [0.15, 0.2) is 11.5 Å². The zero-order valence-electron chi connectivity index (χ0n) is 15.3. The molecule has 0 bridgehead atoms. The molecule has 0 heterocycles. The largest absolute Gasteiger partial charge is 0.493 e. The van der Waals surface area contributed by atoms with E-state index in [-0.39, 0.29) is 0 Å². The fraction of sp³-hybridized carbons (Fsp3) is 0.429. The monoisotopic (exact) mass is 327 g/mol. The number of aryl methyl sites for hydroxylation is 1. The summed E-state index contributed by atoms with van der Waals surface area (Å²) in [6, 6.07) is 14.6. The summed E-state index contributed by atoms with van der Waals surface area (Å²) >= 11 is 0. The van der Waals surface area contributed by atoms with Crippen LogP contribution < -0.4 is 14.8 Å². The van der Waals surface area contributed by atoms with Gasteiger partial charge in [0.05, 0.1) is 13.7 Å². The summed E-state index contributed by atoms with van der Waals surface area (Å²) in [5, 5.41) is 3.50. The Hall–Kier alpha value is -2.00. The van der Waals surface area contributed by atoms with Crippen LogP contribution in [0.3, 0.4) is 0 Å². The molecule has 0 aromatic heterocycles. The highest BCUT2D eigenvalue weighted by Gasteiger charge is 2.10. The number of hydrogen-bond acceptors (Lipinski definition) is 3. The van der Waals surface area contributed by atoms with Crippen LogP contribution in [-0.2, 0) is 13.1 Å². The maximum atomic E-state index is 6.03. The predicted molar refractivity (Wildman–Crippen MR) is 99.7 cm³/mol. The average Bonchev–Trinajstić information content (AvgIpc) is 2.55. The van der Waals surface area contributed by atoms with Gasteiger partial charge in [-0.1, -0.05) is 55.8 Å². The molecule has 24 heavy (non-hydrogen) atoms. The van der Waals surface area contributed by atoms with Crippen molar-refractivity contribution in [1.82, 2.24) is 5.32 Å². The normalized spacial score (nSPS) is 10.9. The van der Waals surface area contributed by atoms with Crippen LogP contribution in [0, 0.1) is 12.8 Å². The molecular weight excluding hydrogens is 298 g/mol. The molecule has 3 heteroatoms. The fourth-order valence-corrected chi connectivity index (χ4v) is 2.59. The Bertz CT molecular complexity index is 637. The van der Waals surface area contributed by atoms with Crippen molar-refractivity contribution < 1.29 is 9.47 Å². The molecule has 0 amide bonds. The molecule has 3 nitrogen and oxygen atoms in total. The third-order valence-corrected chi connectivity index (χ3v) is 3.95. The van der Waals surface area contributed by atoms with Gasteiger partial charge in [-0.15, -0.1) is 0 Å². The fourth-order valence-electron chi connectivity index (χ4n) is 2.59. The third-order valence-electron chi connectivity index (χ3n) is 3.95. The van der Waals surface area contributed by atoms with Crippen molar-refractivity contribution in [1.29, 1.82) is 0 Å². The molecule has 0 unspecified atom stereocenters. The molecule has 2 aromatic carbocycles. The Morgan fingerprint density at radius 2 is 1.83 bits per heavy atom. The summed E-state index contributed by atoms with van der Waals surface area (Å²) in [4.78, 5) is 0. The van der Waals surface area contributed by atoms with E-state index in [2.05, 4.69) is 56.4 Å².